The van der Waals surface area contributed by atoms with Gasteiger partial charge < -0.3 is 14.6 Å². The van der Waals surface area contributed by atoms with E-state index in [9.17, 15) is 14.4 Å². The van der Waals surface area contributed by atoms with Crippen LogP contribution in [-0.2, 0) is 11.3 Å². The van der Waals surface area contributed by atoms with Gasteiger partial charge in [-0.3, -0.25) is 14.2 Å². The molecule has 0 spiro atoms. The quantitative estimate of drug-likeness (QED) is 0.457. The molecule has 0 aliphatic heterocycles. The molecule has 1 aromatic heterocycles. The van der Waals surface area contributed by atoms with Crippen molar-refractivity contribution in [1.29, 1.82) is 0 Å². The molecular weight excluding hydrogens is 418 g/mol. The van der Waals surface area contributed by atoms with Crippen molar-refractivity contribution in [2.75, 3.05) is 12.4 Å². The van der Waals surface area contributed by atoms with Crippen LogP contribution in [0.3, 0.4) is 0 Å². The van der Waals surface area contributed by atoms with Crippen molar-refractivity contribution in [3.63, 3.8) is 0 Å². The van der Waals surface area contributed by atoms with Gasteiger partial charge in [0.05, 0.1) is 11.6 Å². The fourth-order valence-electron chi connectivity index (χ4n) is 3.72. The van der Waals surface area contributed by atoms with E-state index < -0.39 is 5.76 Å². The number of aromatic nitrogens is 1. The SMILES string of the molecule is C[C@@H](c1cccc(NC(=O)c2ccccc2)c1)N(C)C(=O)CCn1c(=O)oc2ccccc21. The molecule has 1 atom stereocenters. The summed E-state index contributed by atoms with van der Waals surface area (Å²) in [5.74, 6) is -0.761. The molecule has 7 heteroatoms. The highest BCUT2D eigenvalue weighted by Gasteiger charge is 2.19. The fourth-order valence-corrected chi connectivity index (χ4v) is 3.72. The third-order valence-corrected chi connectivity index (χ3v) is 5.76. The van der Waals surface area contributed by atoms with Gasteiger partial charge in [-0.2, -0.15) is 0 Å². The smallest absolute Gasteiger partial charge is 0.408 e. The summed E-state index contributed by atoms with van der Waals surface area (Å²) in [7, 11) is 1.73. The highest BCUT2D eigenvalue weighted by atomic mass is 16.4. The van der Waals surface area contributed by atoms with Crippen LogP contribution in [-0.4, -0.2) is 28.3 Å². The van der Waals surface area contributed by atoms with Crippen LogP contribution < -0.4 is 11.1 Å². The number of para-hydroxylation sites is 2. The molecule has 0 aliphatic rings. The average Bonchev–Trinajstić information content (AvgIpc) is 3.17. The Morgan fingerprint density at radius 2 is 1.73 bits per heavy atom. The van der Waals surface area contributed by atoms with Crippen molar-refractivity contribution < 1.29 is 14.0 Å². The molecule has 2 amide bonds. The molecule has 168 valence electrons. The highest BCUT2D eigenvalue weighted by Crippen LogP contribution is 2.23. The van der Waals surface area contributed by atoms with Crippen molar-refractivity contribution in [2.45, 2.75) is 25.9 Å². The first kappa shape index (κ1) is 22.1. The predicted octanol–water partition coefficient (Wildman–Crippen LogP) is 4.46. The van der Waals surface area contributed by atoms with Crippen molar-refractivity contribution in [3.8, 4) is 0 Å². The monoisotopic (exact) mass is 443 g/mol. The first-order chi connectivity index (χ1) is 15.9. The number of nitrogens with one attached hydrogen (secondary N) is 1. The number of amides is 2. The standard InChI is InChI=1S/C26H25N3O4/c1-18(20-11-8-12-21(17-20)27-25(31)19-9-4-3-5-10-19)28(2)24(30)15-16-29-22-13-6-7-14-23(22)33-26(29)32/h3-14,17-18H,15-16H2,1-2H3,(H,27,31)/t18-/m0/s1. The van der Waals surface area contributed by atoms with Crippen LogP contribution in [0.25, 0.3) is 11.1 Å². The zero-order valence-corrected chi connectivity index (χ0v) is 18.5. The van der Waals surface area contributed by atoms with E-state index in [-0.39, 0.29) is 30.8 Å². The van der Waals surface area contributed by atoms with E-state index in [4.69, 9.17) is 4.42 Å². The zero-order chi connectivity index (χ0) is 23.4. The van der Waals surface area contributed by atoms with Gasteiger partial charge in [0.25, 0.3) is 5.91 Å². The lowest BCUT2D eigenvalue weighted by Gasteiger charge is -2.26. The van der Waals surface area contributed by atoms with Crippen molar-refractivity contribution in [1.82, 2.24) is 9.47 Å². The summed E-state index contributed by atoms with van der Waals surface area (Å²) >= 11 is 0. The van der Waals surface area contributed by atoms with Gasteiger partial charge in [0.1, 0.15) is 0 Å². The molecule has 0 fully saturated rings. The molecule has 7 nitrogen and oxygen atoms in total. The van der Waals surface area contributed by atoms with Crippen LogP contribution >= 0.6 is 0 Å². The molecule has 0 bridgehead atoms. The summed E-state index contributed by atoms with van der Waals surface area (Å²) in [6.07, 6.45) is 0.161. The van der Waals surface area contributed by atoms with Crippen molar-refractivity contribution >= 4 is 28.6 Å². The van der Waals surface area contributed by atoms with Crippen molar-refractivity contribution in [2.24, 2.45) is 0 Å². The second kappa shape index (κ2) is 9.56. The van der Waals surface area contributed by atoms with E-state index >= 15 is 0 Å². The number of oxazole rings is 1. The summed E-state index contributed by atoms with van der Waals surface area (Å²) in [4.78, 5) is 39.1. The predicted molar refractivity (Wildman–Crippen MR) is 127 cm³/mol. The van der Waals surface area contributed by atoms with E-state index in [1.54, 1.807) is 42.3 Å². The number of aryl methyl sites for hydroxylation is 1. The molecule has 0 saturated heterocycles. The van der Waals surface area contributed by atoms with Crippen LogP contribution in [0.15, 0.2) is 88.1 Å². The van der Waals surface area contributed by atoms with E-state index in [0.29, 0.717) is 22.4 Å². The number of nitrogens with zero attached hydrogens (tertiary/aromatic N) is 2. The molecule has 1 heterocycles. The molecule has 0 unspecified atom stereocenters. The Morgan fingerprint density at radius 1 is 1.00 bits per heavy atom. The maximum absolute atomic E-state index is 12.9. The number of carbonyl (C=O) groups is 2. The number of fused-ring (bicyclic) bond motifs is 1. The van der Waals surface area contributed by atoms with Crippen LogP contribution in [0.4, 0.5) is 5.69 Å². The molecule has 3 aromatic carbocycles. The van der Waals surface area contributed by atoms with Gasteiger partial charge in [0, 0.05) is 31.3 Å². The topological polar surface area (TPSA) is 84.5 Å². The molecule has 4 aromatic rings. The molecule has 1 N–H and O–H groups in total. The Labute approximate surface area is 191 Å². The van der Waals surface area contributed by atoms with Crippen molar-refractivity contribution in [3.05, 3.63) is 101 Å². The average molecular weight is 444 g/mol. The number of carbonyl (C=O) groups excluding carboxylic acids is 2. The summed E-state index contributed by atoms with van der Waals surface area (Å²) in [5.41, 5.74) is 3.30. The maximum Gasteiger partial charge on any atom is 0.419 e. The number of hydrogen-bond acceptors (Lipinski definition) is 4. The minimum absolute atomic E-state index is 0.0987. The second-order valence-corrected chi connectivity index (χ2v) is 7.86. The Hall–Kier alpha value is -4.13. The van der Waals surface area contributed by atoms with Crippen LogP contribution in [0.5, 0.6) is 0 Å². The third kappa shape index (κ3) is 4.87. The van der Waals surface area contributed by atoms with Gasteiger partial charge in [0.2, 0.25) is 5.91 Å². The van der Waals surface area contributed by atoms with Gasteiger partial charge >= 0.3 is 5.76 Å². The molecule has 33 heavy (non-hydrogen) atoms. The first-order valence-electron chi connectivity index (χ1n) is 10.7. The largest absolute Gasteiger partial charge is 0.419 e. The van der Waals surface area contributed by atoms with E-state index in [1.165, 1.54) is 4.57 Å². The number of benzene rings is 3. The van der Waals surface area contributed by atoms with Crippen LogP contribution in [0.1, 0.15) is 35.3 Å². The first-order valence-corrected chi connectivity index (χ1v) is 10.7. The van der Waals surface area contributed by atoms with Crippen LogP contribution in [0.2, 0.25) is 0 Å². The van der Waals surface area contributed by atoms with E-state index in [2.05, 4.69) is 5.32 Å². The molecular formula is C26H25N3O4. The van der Waals surface area contributed by atoms with E-state index in [0.717, 1.165) is 5.56 Å². The Balaban J connectivity index is 1.42. The van der Waals surface area contributed by atoms with E-state index in [1.807, 2.05) is 55.5 Å². The normalized spacial score (nSPS) is 11.8. The lowest BCUT2D eigenvalue weighted by atomic mass is 10.1. The van der Waals surface area contributed by atoms with Gasteiger partial charge in [-0.15, -0.1) is 0 Å². The Kier molecular flexibility index (Phi) is 6.40. The maximum atomic E-state index is 12.9. The second-order valence-electron chi connectivity index (χ2n) is 7.86. The molecule has 0 aliphatic carbocycles. The summed E-state index contributed by atoms with van der Waals surface area (Å²) in [6.45, 7) is 2.16. The molecule has 0 saturated carbocycles. The van der Waals surface area contributed by atoms with Gasteiger partial charge in [-0.05, 0) is 48.9 Å². The summed E-state index contributed by atoms with van der Waals surface area (Å²) < 4.78 is 6.71. The number of rotatable bonds is 7. The lowest BCUT2D eigenvalue weighted by molar-refractivity contribution is -0.132. The number of hydrogen-bond donors (Lipinski definition) is 1. The lowest BCUT2D eigenvalue weighted by Crippen LogP contribution is -2.31. The fraction of sp³-hybridized carbons (Fsp3) is 0.192. The summed E-state index contributed by atoms with van der Waals surface area (Å²) in [5, 5.41) is 2.90. The molecule has 0 radical (unpaired) electrons. The van der Waals surface area contributed by atoms with Gasteiger partial charge in [0.15, 0.2) is 5.58 Å². The number of anilines is 1. The Morgan fingerprint density at radius 3 is 2.52 bits per heavy atom. The summed E-state index contributed by atoms with van der Waals surface area (Å²) in [6, 6.07) is 23.4. The minimum Gasteiger partial charge on any atom is -0.408 e. The highest BCUT2D eigenvalue weighted by molar-refractivity contribution is 6.04. The molecule has 4 rings (SSSR count). The van der Waals surface area contributed by atoms with Crippen LogP contribution in [0, 0.1) is 0 Å². The zero-order valence-electron chi connectivity index (χ0n) is 18.5. The minimum atomic E-state index is -0.471. The van der Waals surface area contributed by atoms with Gasteiger partial charge in [-0.1, -0.05) is 42.5 Å². The Bertz CT molecular complexity index is 1340. The third-order valence-electron chi connectivity index (χ3n) is 5.76. The van der Waals surface area contributed by atoms with Gasteiger partial charge in [-0.25, -0.2) is 4.79 Å².